The van der Waals surface area contributed by atoms with E-state index in [1.54, 1.807) is 11.8 Å². The van der Waals surface area contributed by atoms with Gasteiger partial charge in [0.1, 0.15) is 0 Å². The Morgan fingerprint density at radius 3 is 2.88 bits per heavy atom. The lowest BCUT2D eigenvalue weighted by Gasteiger charge is -2.42. The second-order valence-corrected chi connectivity index (χ2v) is 7.47. The zero-order valence-electron chi connectivity index (χ0n) is 9.62. The summed E-state index contributed by atoms with van der Waals surface area (Å²) in [7, 11) is 0. The average molecular weight is 277 g/mol. The smallest absolute Gasteiger partial charge is 0.332 e. The van der Waals surface area contributed by atoms with Gasteiger partial charge in [0.15, 0.2) is 4.08 Å². The first-order valence-electron chi connectivity index (χ1n) is 5.46. The number of carbonyl (C=O) groups is 2. The molecule has 2 fully saturated rings. The third-order valence-electron chi connectivity index (χ3n) is 3.10. The van der Waals surface area contributed by atoms with Gasteiger partial charge in [0.2, 0.25) is 5.91 Å². The standard InChI is InChI=1S/C10H15NO4S2/c1-3-16-10(9(14)15)4-11-7(13)6(5(2)12)8(11)17-10/h5-6,8,12H,3-4H2,1-2H3,(H,14,15)/t5?,6?,8-,10?/m1/s1. The second-order valence-electron chi connectivity index (χ2n) is 4.23. The van der Waals surface area contributed by atoms with Gasteiger partial charge in [-0.25, -0.2) is 4.79 Å². The predicted molar refractivity (Wildman–Crippen MR) is 66.8 cm³/mol. The molecule has 3 unspecified atom stereocenters. The van der Waals surface area contributed by atoms with Gasteiger partial charge in [-0.15, -0.1) is 23.5 Å². The first-order chi connectivity index (χ1) is 7.93. The zero-order valence-corrected chi connectivity index (χ0v) is 11.3. The average Bonchev–Trinajstić information content (AvgIpc) is 2.55. The van der Waals surface area contributed by atoms with Crippen molar-refractivity contribution in [2.45, 2.75) is 29.4 Å². The number of amides is 1. The minimum absolute atomic E-state index is 0.127. The van der Waals surface area contributed by atoms with Crippen LogP contribution in [0.2, 0.25) is 0 Å². The molecule has 0 aromatic carbocycles. The minimum atomic E-state index is -0.960. The van der Waals surface area contributed by atoms with Crippen molar-refractivity contribution in [3.8, 4) is 0 Å². The van der Waals surface area contributed by atoms with E-state index in [1.165, 1.54) is 23.5 Å². The molecule has 4 atom stereocenters. The third kappa shape index (κ3) is 1.84. The summed E-state index contributed by atoms with van der Waals surface area (Å²) in [5, 5.41) is 18.7. The monoisotopic (exact) mass is 277 g/mol. The van der Waals surface area contributed by atoms with Crippen molar-refractivity contribution in [3.05, 3.63) is 0 Å². The van der Waals surface area contributed by atoms with Gasteiger partial charge in [-0.2, -0.15) is 0 Å². The predicted octanol–water partition coefficient (Wildman–Crippen LogP) is 0.432. The van der Waals surface area contributed by atoms with Crippen molar-refractivity contribution in [2.75, 3.05) is 12.3 Å². The fourth-order valence-electron chi connectivity index (χ4n) is 2.25. The Hall–Kier alpha value is -0.400. The molecule has 0 aliphatic carbocycles. The molecule has 0 aromatic heterocycles. The Balaban J connectivity index is 2.18. The van der Waals surface area contributed by atoms with E-state index in [4.69, 9.17) is 0 Å². The molecule has 0 spiro atoms. The number of carboxylic acids is 1. The normalized spacial score (nSPS) is 37.6. The Labute approximate surface area is 108 Å². The molecular weight excluding hydrogens is 262 g/mol. The van der Waals surface area contributed by atoms with Gasteiger partial charge in [0.05, 0.1) is 23.9 Å². The lowest BCUT2D eigenvalue weighted by molar-refractivity contribution is -0.155. The number of nitrogens with zero attached hydrogens (tertiary/aromatic N) is 1. The Morgan fingerprint density at radius 1 is 1.76 bits per heavy atom. The van der Waals surface area contributed by atoms with Crippen LogP contribution in [0.3, 0.4) is 0 Å². The van der Waals surface area contributed by atoms with Crippen LogP contribution in [0.25, 0.3) is 0 Å². The molecule has 2 rings (SSSR count). The maximum Gasteiger partial charge on any atom is 0.332 e. The SMILES string of the molecule is CCSC1(C(=O)O)CN2C(=O)C(C(C)O)[C@H]2S1. The first kappa shape index (κ1) is 13.0. The third-order valence-corrected chi connectivity index (χ3v) is 6.27. The highest BCUT2D eigenvalue weighted by Crippen LogP contribution is 2.55. The number of fused-ring (bicyclic) bond motifs is 1. The van der Waals surface area contributed by atoms with Crippen LogP contribution in [-0.2, 0) is 9.59 Å². The summed E-state index contributed by atoms with van der Waals surface area (Å²) in [6.07, 6.45) is -0.715. The van der Waals surface area contributed by atoms with Gasteiger partial charge in [-0.3, -0.25) is 4.79 Å². The van der Waals surface area contributed by atoms with E-state index >= 15 is 0 Å². The number of thioether (sulfide) groups is 2. The Kier molecular flexibility index (Phi) is 3.35. The van der Waals surface area contributed by atoms with Crippen molar-refractivity contribution in [1.82, 2.24) is 4.90 Å². The van der Waals surface area contributed by atoms with Crippen LogP contribution in [0.4, 0.5) is 0 Å². The number of carbonyl (C=O) groups excluding carboxylic acids is 1. The van der Waals surface area contributed by atoms with E-state index in [2.05, 4.69) is 0 Å². The highest BCUT2D eigenvalue weighted by molar-refractivity contribution is 8.19. The largest absolute Gasteiger partial charge is 0.480 e. The molecule has 0 radical (unpaired) electrons. The van der Waals surface area contributed by atoms with Gasteiger partial charge in [0.25, 0.3) is 0 Å². The second kappa shape index (κ2) is 4.37. The minimum Gasteiger partial charge on any atom is -0.480 e. The summed E-state index contributed by atoms with van der Waals surface area (Å²) >= 11 is 2.63. The lowest BCUT2D eigenvalue weighted by Crippen LogP contribution is -2.60. The molecule has 0 saturated carbocycles. The lowest BCUT2D eigenvalue weighted by atomic mass is 9.93. The van der Waals surface area contributed by atoms with Crippen molar-refractivity contribution >= 4 is 35.4 Å². The van der Waals surface area contributed by atoms with Crippen LogP contribution >= 0.6 is 23.5 Å². The van der Waals surface area contributed by atoms with Gasteiger partial charge in [-0.1, -0.05) is 6.92 Å². The van der Waals surface area contributed by atoms with Crippen LogP contribution in [0.1, 0.15) is 13.8 Å². The Morgan fingerprint density at radius 2 is 2.41 bits per heavy atom. The molecule has 0 aromatic rings. The van der Waals surface area contributed by atoms with Gasteiger partial charge < -0.3 is 15.1 Å². The van der Waals surface area contributed by atoms with Crippen molar-refractivity contribution in [3.63, 3.8) is 0 Å². The highest BCUT2D eigenvalue weighted by Gasteiger charge is 2.62. The van der Waals surface area contributed by atoms with E-state index in [9.17, 15) is 19.8 Å². The Bertz CT molecular complexity index is 362. The number of aliphatic hydroxyl groups is 1. The van der Waals surface area contributed by atoms with Crippen LogP contribution in [-0.4, -0.2) is 54.8 Å². The van der Waals surface area contributed by atoms with E-state index in [-0.39, 0.29) is 17.8 Å². The molecule has 2 saturated heterocycles. The molecule has 7 heteroatoms. The summed E-state index contributed by atoms with van der Waals surface area (Å²) in [5.74, 6) is -0.773. The summed E-state index contributed by atoms with van der Waals surface area (Å²) in [6.45, 7) is 3.71. The number of hydrogen-bond donors (Lipinski definition) is 2. The number of aliphatic carboxylic acids is 1. The van der Waals surface area contributed by atoms with Gasteiger partial charge in [0, 0.05) is 0 Å². The van der Waals surface area contributed by atoms with E-state index in [1.807, 2.05) is 6.92 Å². The molecule has 1 amide bonds. The van der Waals surface area contributed by atoms with Crippen molar-refractivity contribution in [1.29, 1.82) is 0 Å². The molecule has 2 aliphatic heterocycles. The van der Waals surface area contributed by atoms with E-state index in [0.717, 1.165) is 0 Å². The number of hydrogen-bond acceptors (Lipinski definition) is 5. The molecule has 2 heterocycles. The molecule has 17 heavy (non-hydrogen) atoms. The summed E-state index contributed by atoms with van der Waals surface area (Å²) < 4.78 is -0.960. The van der Waals surface area contributed by atoms with Crippen LogP contribution in [0.5, 0.6) is 0 Å². The molecule has 5 nitrogen and oxygen atoms in total. The topological polar surface area (TPSA) is 77.8 Å². The quantitative estimate of drug-likeness (QED) is 0.726. The molecule has 2 aliphatic rings. The summed E-state index contributed by atoms with van der Waals surface area (Å²) in [4.78, 5) is 24.7. The number of aliphatic hydroxyl groups excluding tert-OH is 1. The summed E-state index contributed by atoms with van der Waals surface area (Å²) in [6, 6.07) is 0. The van der Waals surface area contributed by atoms with Crippen molar-refractivity contribution in [2.24, 2.45) is 5.92 Å². The molecule has 96 valence electrons. The maximum atomic E-state index is 11.7. The maximum absolute atomic E-state index is 11.7. The van der Waals surface area contributed by atoms with Crippen LogP contribution in [0.15, 0.2) is 0 Å². The van der Waals surface area contributed by atoms with Gasteiger partial charge in [-0.05, 0) is 12.7 Å². The molecule has 2 N–H and O–H groups in total. The number of carboxylic acid groups (broad SMARTS) is 1. The fourth-order valence-corrected chi connectivity index (χ4v) is 5.49. The molecular formula is C10H15NO4S2. The highest BCUT2D eigenvalue weighted by atomic mass is 32.2. The van der Waals surface area contributed by atoms with E-state index in [0.29, 0.717) is 5.75 Å². The van der Waals surface area contributed by atoms with Crippen LogP contribution < -0.4 is 0 Å². The fraction of sp³-hybridized carbons (Fsp3) is 0.800. The molecule has 0 bridgehead atoms. The number of β-lactam (4-membered cyclic amide) rings is 1. The summed E-state index contributed by atoms with van der Waals surface area (Å²) in [5.41, 5.74) is 0. The number of rotatable bonds is 4. The van der Waals surface area contributed by atoms with E-state index < -0.39 is 22.1 Å². The van der Waals surface area contributed by atoms with Gasteiger partial charge >= 0.3 is 5.97 Å². The first-order valence-corrected chi connectivity index (χ1v) is 7.33. The van der Waals surface area contributed by atoms with Crippen LogP contribution in [0, 0.1) is 5.92 Å². The zero-order chi connectivity index (χ0) is 12.8. The van der Waals surface area contributed by atoms with Crippen molar-refractivity contribution < 1.29 is 19.8 Å².